The van der Waals surface area contributed by atoms with E-state index in [0.717, 1.165) is 59.0 Å². The molecule has 2 N–H and O–H groups in total. The zero-order valence-electron chi connectivity index (χ0n) is 20.9. The predicted molar refractivity (Wildman–Crippen MR) is 144 cm³/mol. The molecule has 8 nitrogen and oxygen atoms in total. The fraction of sp³-hybridized carbons (Fsp3) is 0.481. The van der Waals surface area contributed by atoms with Gasteiger partial charge < -0.3 is 15.2 Å². The van der Waals surface area contributed by atoms with Crippen molar-refractivity contribution in [1.82, 2.24) is 14.9 Å². The van der Waals surface area contributed by atoms with Crippen molar-refractivity contribution in [2.75, 3.05) is 13.1 Å². The Balaban J connectivity index is 1.15. The molecule has 1 fully saturated rings. The molecule has 0 bridgehead atoms. The van der Waals surface area contributed by atoms with Crippen LogP contribution in [0.3, 0.4) is 0 Å². The summed E-state index contributed by atoms with van der Waals surface area (Å²) in [5, 5.41) is 0.832. The Morgan fingerprint density at radius 1 is 1.17 bits per heavy atom. The van der Waals surface area contributed by atoms with E-state index in [4.69, 9.17) is 15.2 Å². The first-order valence-electron chi connectivity index (χ1n) is 12.6. The van der Waals surface area contributed by atoms with Crippen LogP contribution in [-0.4, -0.2) is 58.4 Å². The molecule has 2 aromatic heterocycles. The molecule has 0 aliphatic carbocycles. The number of nitrogens with zero attached hydrogens (tertiary/aromatic N) is 5. The van der Waals surface area contributed by atoms with E-state index in [1.807, 2.05) is 12.3 Å². The minimum Gasteiger partial charge on any atom is -0.375 e. The quantitative estimate of drug-likeness (QED) is 0.459. The molecule has 4 heterocycles. The number of piperidine rings is 1. The van der Waals surface area contributed by atoms with Crippen molar-refractivity contribution in [3.05, 3.63) is 58.9 Å². The van der Waals surface area contributed by atoms with E-state index in [0.29, 0.717) is 25.2 Å². The number of benzene rings is 1. The Kier molecular flexibility index (Phi) is 8.13. The lowest BCUT2D eigenvalue weighted by atomic mass is 10.1. The Bertz CT molecular complexity index is 1180. The average molecular weight is 507 g/mol. The van der Waals surface area contributed by atoms with Crippen molar-refractivity contribution in [2.24, 2.45) is 15.7 Å². The van der Waals surface area contributed by atoms with Crippen LogP contribution in [0.5, 0.6) is 0 Å². The molecule has 0 amide bonds. The second-order valence-corrected chi connectivity index (χ2v) is 10.7. The van der Waals surface area contributed by atoms with Gasteiger partial charge in [0.2, 0.25) is 6.35 Å². The Hall–Kier alpha value is -2.56. The van der Waals surface area contributed by atoms with Crippen LogP contribution >= 0.6 is 11.3 Å². The maximum Gasteiger partial charge on any atom is 0.245 e. The van der Waals surface area contributed by atoms with Gasteiger partial charge >= 0.3 is 0 Å². The van der Waals surface area contributed by atoms with E-state index in [1.54, 1.807) is 23.7 Å². The molecule has 190 valence electrons. The van der Waals surface area contributed by atoms with E-state index >= 15 is 0 Å². The minimum atomic E-state index is -0.584. The molecule has 3 aromatic rings. The molecule has 1 aromatic carbocycles. The van der Waals surface area contributed by atoms with Crippen LogP contribution in [-0.2, 0) is 22.6 Å². The molecule has 2 unspecified atom stereocenters. The van der Waals surface area contributed by atoms with E-state index in [1.165, 1.54) is 5.56 Å². The molecule has 2 aliphatic rings. The fourth-order valence-corrected chi connectivity index (χ4v) is 5.62. The van der Waals surface area contributed by atoms with Gasteiger partial charge in [-0.25, -0.2) is 15.0 Å². The lowest BCUT2D eigenvalue weighted by Crippen LogP contribution is -2.37. The van der Waals surface area contributed by atoms with Gasteiger partial charge in [0.15, 0.2) is 0 Å². The Morgan fingerprint density at radius 3 is 2.81 bits per heavy atom. The second-order valence-electron chi connectivity index (χ2n) is 9.65. The molecular weight excluding hydrogens is 472 g/mol. The van der Waals surface area contributed by atoms with E-state index in [9.17, 15) is 0 Å². The number of fused-ring (bicyclic) bond motifs is 1. The highest BCUT2D eigenvalue weighted by atomic mass is 32.1. The third-order valence-electron chi connectivity index (χ3n) is 6.44. The first kappa shape index (κ1) is 25.1. The zero-order valence-corrected chi connectivity index (χ0v) is 21.7. The molecule has 2 aliphatic heterocycles. The normalized spacial score (nSPS) is 20.2. The van der Waals surface area contributed by atoms with Crippen LogP contribution in [0.4, 0.5) is 0 Å². The largest absolute Gasteiger partial charge is 0.375 e. The summed E-state index contributed by atoms with van der Waals surface area (Å²) >= 11 is 1.58. The van der Waals surface area contributed by atoms with Crippen LogP contribution in [0.1, 0.15) is 55.3 Å². The number of aromatic nitrogens is 2. The van der Waals surface area contributed by atoms with Crippen molar-refractivity contribution < 1.29 is 9.47 Å². The van der Waals surface area contributed by atoms with Gasteiger partial charge in [0, 0.05) is 44.2 Å². The van der Waals surface area contributed by atoms with E-state index in [2.05, 4.69) is 63.0 Å². The topological polar surface area (TPSA) is 98.2 Å². The number of pyridine rings is 1. The summed E-state index contributed by atoms with van der Waals surface area (Å²) in [6.45, 7) is 7.74. The van der Waals surface area contributed by atoms with Crippen LogP contribution in [0, 0.1) is 0 Å². The standard InChI is InChI=1S/C27H34N6O2S/c1-18(2)35-21-8-12-33(13-9-21)16-19-4-3-5-20(14-19)17-34-27-30-11-6-22(32-27)25(28)26-31-23-15-29-10-7-24(23)36-26/h3-5,7,10-11,14-15,18,21,25,27H,6,8-9,12-13,16-17,28H2,1-2H3. The van der Waals surface area contributed by atoms with E-state index < -0.39 is 6.35 Å². The van der Waals surface area contributed by atoms with Crippen LogP contribution in [0.15, 0.2) is 52.7 Å². The number of rotatable bonds is 9. The van der Waals surface area contributed by atoms with Crippen molar-refractivity contribution in [2.45, 2.75) is 70.9 Å². The number of hydrogen-bond donors (Lipinski definition) is 1. The second kappa shape index (κ2) is 11.7. The van der Waals surface area contributed by atoms with Crippen LogP contribution in [0.25, 0.3) is 10.2 Å². The van der Waals surface area contributed by atoms with Crippen LogP contribution < -0.4 is 5.73 Å². The van der Waals surface area contributed by atoms with Gasteiger partial charge in [0.1, 0.15) is 5.01 Å². The smallest absolute Gasteiger partial charge is 0.245 e. The predicted octanol–water partition coefficient (Wildman–Crippen LogP) is 4.50. The number of thiazole rings is 1. The summed E-state index contributed by atoms with van der Waals surface area (Å²) in [5.74, 6) is 0. The minimum absolute atomic E-state index is 0.299. The highest BCUT2D eigenvalue weighted by Gasteiger charge is 2.22. The summed E-state index contributed by atoms with van der Waals surface area (Å²) in [5.41, 5.74) is 10.6. The summed E-state index contributed by atoms with van der Waals surface area (Å²) in [6.07, 6.45) is 8.26. The lowest BCUT2D eigenvalue weighted by molar-refractivity contribution is -0.0279. The summed E-state index contributed by atoms with van der Waals surface area (Å²) in [6, 6.07) is 10.2. The average Bonchev–Trinajstić information content (AvgIpc) is 3.33. The van der Waals surface area contributed by atoms with E-state index in [-0.39, 0.29) is 6.04 Å². The summed E-state index contributed by atoms with van der Waals surface area (Å²) in [7, 11) is 0. The molecule has 0 spiro atoms. The fourth-order valence-electron chi connectivity index (χ4n) is 4.66. The van der Waals surface area contributed by atoms with Gasteiger partial charge in [0.05, 0.1) is 41.3 Å². The van der Waals surface area contributed by atoms with Crippen molar-refractivity contribution in [3.8, 4) is 0 Å². The molecule has 1 saturated heterocycles. The van der Waals surface area contributed by atoms with Crippen LogP contribution in [0.2, 0.25) is 0 Å². The summed E-state index contributed by atoms with van der Waals surface area (Å²) < 4.78 is 13.1. The SMILES string of the molecule is CC(C)OC1CCN(Cc2cccc(COC3N=CCC(C(N)c4nc5cnccc5s4)=N3)c2)CC1. The van der Waals surface area contributed by atoms with Gasteiger partial charge in [-0.05, 0) is 43.9 Å². The molecule has 2 atom stereocenters. The maximum atomic E-state index is 6.51. The van der Waals surface area contributed by atoms with Gasteiger partial charge in [-0.1, -0.05) is 24.3 Å². The highest BCUT2D eigenvalue weighted by molar-refractivity contribution is 7.18. The van der Waals surface area contributed by atoms with Gasteiger partial charge in [-0.3, -0.25) is 9.88 Å². The summed E-state index contributed by atoms with van der Waals surface area (Å²) in [4.78, 5) is 20.4. The van der Waals surface area contributed by atoms with Crippen molar-refractivity contribution in [1.29, 1.82) is 0 Å². The molecule has 36 heavy (non-hydrogen) atoms. The lowest BCUT2D eigenvalue weighted by Gasteiger charge is -2.32. The number of nitrogens with two attached hydrogens (primary N) is 1. The number of ether oxygens (including phenoxy) is 2. The molecule has 0 radical (unpaired) electrons. The zero-order chi connectivity index (χ0) is 24.9. The number of hydrogen-bond acceptors (Lipinski definition) is 9. The molecular formula is C27H34N6O2S. The Morgan fingerprint density at radius 2 is 2.00 bits per heavy atom. The first-order chi connectivity index (χ1) is 17.5. The number of aliphatic imine (C=N–C) groups is 2. The molecule has 5 rings (SSSR count). The first-order valence-corrected chi connectivity index (χ1v) is 13.5. The molecule has 0 saturated carbocycles. The maximum absolute atomic E-state index is 6.51. The van der Waals surface area contributed by atoms with Gasteiger partial charge in [-0.15, -0.1) is 11.3 Å². The highest BCUT2D eigenvalue weighted by Crippen LogP contribution is 2.27. The third kappa shape index (κ3) is 6.41. The number of likely N-dealkylation sites (tertiary alicyclic amines) is 1. The van der Waals surface area contributed by atoms with Crippen molar-refractivity contribution in [3.63, 3.8) is 0 Å². The van der Waals surface area contributed by atoms with Gasteiger partial charge in [-0.2, -0.15) is 0 Å². The third-order valence-corrected chi connectivity index (χ3v) is 7.56. The molecule has 9 heteroatoms. The Labute approximate surface area is 216 Å². The van der Waals surface area contributed by atoms with Gasteiger partial charge in [0.25, 0.3) is 0 Å². The van der Waals surface area contributed by atoms with Crippen molar-refractivity contribution >= 4 is 33.5 Å². The monoisotopic (exact) mass is 506 g/mol.